The molecule has 10 heteroatoms. The van der Waals surface area contributed by atoms with Crippen molar-refractivity contribution in [1.29, 1.82) is 0 Å². The molecular weight excluding hydrogens is 524 g/mol. The second-order valence-corrected chi connectivity index (χ2v) is 13.0. The van der Waals surface area contributed by atoms with Gasteiger partial charge < -0.3 is 20.3 Å². The molecule has 0 saturated carbocycles. The van der Waals surface area contributed by atoms with Gasteiger partial charge in [-0.15, -0.1) is 0 Å². The lowest BCUT2D eigenvalue weighted by Gasteiger charge is -2.41. The van der Waals surface area contributed by atoms with Gasteiger partial charge in [-0.2, -0.15) is 0 Å². The van der Waals surface area contributed by atoms with Crippen molar-refractivity contribution in [3.8, 4) is 0 Å². The van der Waals surface area contributed by atoms with Crippen molar-refractivity contribution in [2.75, 3.05) is 0 Å². The molecule has 0 spiro atoms. The van der Waals surface area contributed by atoms with E-state index in [-0.39, 0.29) is 30.6 Å². The van der Waals surface area contributed by atoms with Crippen LogP contribution in [0.15, 0.2) is 42.5 Å². The third kappa shape index (κ3) is 7.04. The number of amides is 3. The van der Waals surface area contributed by atoms with Gasteiger partial charge in [0.2, 0.25) is 11.8 Å². The average Bonchev–Trinajstić information content (AvgIpc) is 2.88. The molecule has 0 radical (unpaired) electrons. The lowest BCUT2D eigenvalue weighted by atomic mass is 9.84. The van der Waals surface area contributed by atoms with Crippen LogP contribution in [0.3, 0.4) is 0 Å². The number of aryl methyl sites for hydroxylation is 1. The number of carbonyl (C=O) groups excluding carboxylic acids is 3. The Labute approximate surface area is 241 Å². The van der Waals surface area contributed by atoms with Gasteiger partial charge in [-0.3, -0.25) is 19.7 Å². The summed E-state index contributed by atoms with van der Waals surface area (Å²) in [5.41, 5.74) is 2.08. The van der Waals surface area contributed by atoms with Crippen molar-refractivity contribution >= 4 is 23.6 Å². The molecule has 1 aliphatic heterocycles. The summed E-state index contributed by atoms with van der Waals surface area (Å²) >= 11 is 0. The van der Waals surface area contributed by atoms with Crippen LogP contribution in [0.2, 0.25) is 0 Å². The molecule has 0 saturated heterocycles. The van der Waals surface area contributed by atoms with Gasteiger partial charge in [0, 0.05) is 25.1 Å². The topological polar surface area (TPSA) is 131 Å². The summed E-state index contributed by atoms with van der Waals surface area (Å²) in [4.78, 5) is 53.4. The monoisotopic (exact) mass is 564 g/mol. The quantitative estimate of drug-likeness (QED) is 0.389. The molecule has 3 amide bonds. The van der Waals surface area contributed by atoms with Crippen LogP contribution in [-0.4, -0.2) is 45.4 Å². The highest BCUT2D eigenvalue weighted by Gasteiger charge is 2.43. The molecule has 2 aromatic carbocycles. The standard InChI is InChI=1S/C31H40N4O6/c1-30(2,3)26(33-29(38)41-31(4,5)6)28(37)34-18-21-16-22(35(39)40)15-14-20(21)17-25(34)27(36)32-24-13-9-11-19-10-7-8-12-23(19)24/h7-8,10,12,14-16,24-26H,9,11,13,17-18H2,1-6H3,(H,32,36)(H,33,38)/t24-,25+,26?/m1/s1. The van der Waals surface area contributed by atoms with Crippen LogP contribution in [0.5, 0.6) is 0 Å². The first kappa shape index (κ1) is 30.0. The third-order valence-corrected chi connectivity index (χ3v) is 7.58. The van der Waals surface area contributed by atoms with Gasteiger partial charge in [-0.05, 0) is 67.7 Å². The minimum absolute atomic E-state index is 0.00222. The number of hydrogen-bond donors (Lipinski definition) is 2. The van der Waals surface area contributed by atoms with E-state index in [0.717, 1.165) is 30.4 Å². The van der Waals surface area contributed by atoms with E-state index in [4.69, 9.17) is 4.74 Å². The van der Waals surface area contributed by atoms with Crippen molar-refractivity contribution in [2.45, 2.75) is 97.5 Å². The van der Waals surface area contributed by atoms with E-state index in [2.05, 4.69) is 16.7 Å². The molecular formula is C31H40N4O6. The maximum atomic E-state index is 14.2. The summed E-state index contributed by atoms with van der Waals surface area (Å²) < 4.78 is 5.43. The summed E-state index contributed by atoms with van der Waals surface area (Å²) in [6.45, 7) is 10.7. The predicted octanol–water partition coefficient (Wildman–Crippen LogP) is 4.98. The zero-order chi connectivity index (χ0) is 30.1. The average molecular weight is 565 g/mol. The summed E-state index contributed by atoms with van der Waals surface area (Å²) in [6.07, 6.45) is 2.14. The van der Waals surface area contributed by atoms with Crippen molar-refractivity contribution < 1.29 is 24.0 Å². The van der Waals surface area contributed by atoms with Crippen LogP contribution < -0.4 is 10.6 Å². The number of carbonyl (C=O) groups is 3. The molecule has 1 unspecified atom stereocenters. The number of benzene rings is 2. The van der Waals surface area contributed by atoms with E-state index in [1.807, 2.05) is 39.0 Å². The van der Waals surface area contributed by atoms with E-state index < -0.39 is 40.0 Å². The molecule has 2 N–H and O–H groups in total. The first-order valence-electron chi connectivity index (χ1n) is 14.1. The number of alkyl carbamates (subject to hydrolysis) is 1. The summed E-state index contributed by atoms with van der Waals surface area (Å²) in [5.74, 6) is -0.751. The van der Waals surface area contributed by atoms with Crippen molar-refractivity contribution in [2.24, 2.45) is 5.41 Å². The van der Waals surface area contributed by atoms with E-state index >= 15 is 0 Å². The number of rotatable bonds is 5. The van der Waals surface area contributed by atoms with Crippen LogP contribution in [-0.2, 0) is 33.7 Å². The number of ether oxygens (including phenoxy) is 1. The fraction of sp³-hybridized carbons (Fsp3) is 0.516. The fourth-order valence-electron chi connectivity index (χ4n) is 5.56. The first-order chi connectivity index (χ1) is 19.1. The largest absolute Gasteiger partial charge is 0.444 e. The number of nitrogens with zero attached hydrogens (tertiary/aromatic N) is 2. The molecule has 0 aromatic heterocycles. The Balaban J connectivity index is 1.67. The van der Waals surface area contributed by atoms with Gasteiger partial charge >= 0.3 is 6.09 Å². The Kier molecular flexibility index (Phi) is 8.42. The van der Waals surface area contributed by atoms with Gasteiger partial charge in [-0.1, -0.05) is 51.1 Å². The number of nitrogens with one attached hydrogen (secondary N) is 2. The van der Waals surface area contributed by atoms with E-state index in [1.165, 1.54) is 22.6 Å². The molecule has 10 nitrogen and oxygen atoms in total. The lowest BCUT2D eigenvalue weighted by Crippen LogP contribution is -2.61. The maximum Gasteiger partial charge on any atom is 0.408 e. The number of hydrogen-bond acceptors (Lipinski definition) is 6. The van der Waals surface area contributed by atoms with Crippen molar-refractivity contribution in [3.63, 3.8) is 0 Å². The molecule has 4 rings (SSSR count). The highest BCUT2D eigenvalue weighted by atomic mass is 16.6. The normalized spacial score (nSPS) is 19.3. The summed E-state index contributed by atoms with van der Waals surface area (Å²) in [5, 5.41) is 17.4. The van der Waals surface area contributed by atoms with E-state index in [0.29, 0.717) is 5.56 Å². The Hall–Kier alpha value is -3.95. The summed E-state index contributed by atoms with van der Waals surface area (Å²) in [7, 11) is 0. The Morgan fingerprint density at radius 3 is 2.39 bits per heavy atom. The van der Waals surface area contributed by atoms with Crippen LogP contribution in [0.25, 0.3) is 0 Å². The van der Waals surface area contributed by atoms with Gasteiger partial charge in [0.1, 0.15) is 17.7 Å². The number of nitro benzene ring substituents is 1. The minimum Gasteiger partial charge on any atom is -0.444 e. The molecule has 2 aliphatic rings. The zero-order valence-corrected chi connectivity index (χ0v) is 24.7. The molecule has 2 aromatic rings. The van der Waals surface area contributed by atoms with E-state index in [9.17, 15) is 24.5 Å². The van der Waals surface area contributed by atoms with Crippen LogP contribution in [0.4, 0.5) is 10.5 Å². The zero-order valence-electron chi connectivity index (χ0n) is 24.7. The SMILES string of the molecule is CC(C)(C)OC(=O)NC(C(=O)N1Cc2cc([N+](=O)[O-])ccc2C[C@H]1C(=O)N[C@@H]1CCCc2ccccc21)C(C)(C)C. The highest BCUT2D eigenvalue weighted by Crippen LogP contribution is 2.33. The van der Waals surface area contributed by atoms with Crippen LogP contribution in [0.1, 0.15) is 82.7 Å². The molecule has 41 heavy (non-hydrogen) atoms. The summed E-state index contributed by atoms with van der Waals surface area (Å²) in [6, 6.07) is 10.5. The van der Waals surface area contributed by atoms with Crippen LogP contribution >= 0.6 is 0 Å². The Bertz CT molecular complexity index is 1340. The maximum absolute atomic E-state index is 14.2. The first-order valence-corrected chi connectivity index (χ1v) is 14.1. The smallest absolute Gasteiger partial charge is 0.408 e. The van der Waals surface area contributed by atoms with Crippen molar-refractivity contribution in [1.82, 2.24) is 15.5 Å². The van der Waals surface area contributed by atoms with Crippen molar-refractivity contribution in [3.05, 3.63) is 74.8 Å². The second-order valence-electron chi connectivity index (χ2n) is 13.0. The number of nitro groups is 1. The Morgan fingerprint density at radius 1 is 1.02 bits per heavy atom. The third-order valence-electron chi connectivity index (χ3n) is 7.58. The predicted molar refractivity (Wildman–Crippen MR) is 154 cm³/mol. The molecule has 220 valence electrons. The van der Waals surface area contributed by atoms with Gasteiger partial charge in [0.15, 0.2) is 0 Å². The van der Waals surface area contributed by atoms with Gasteiger partial charge in [-0.25, -0.2) is 4.79 Å². The lowest BCUT2D eigenvalue weighted by molar-refractivity contribution is -0.385. The fourth-order valence-corrected chi connectivity index (χ4v) is 5.56. The molecule has 1 heterocycles. The van der Waals surface area contributed by atoms with Gasteiger partial charge in [0.05, 0.1) is 11.0 Å². The highest BCUT2D eigenvalue weighted by molar-refractivity contribution is 5.92. The van der Waals surface area contributed by atoms with Crippen LogP contribution in [0, 0.1) is 15.5 Å². The minimum atomic E-state index is -1.01. The molecule has 0 fully saturated rings. The molecule has 3 atom stereocenters. The second kappa shape index (κ2) is 11.5. The number of fused-ring (bicyclic) bond motifs is 2. The number of non-ortho nitro benzene ring substituents is 1. The molecule has 0 bridgehead atoms. The van der Waals surface area contributed by atoms with E-state index in [1.54, 1.807) is 26.8 Å². The Morgan fingerprint density at radius 2 is 1.73 bits per heavy atom. The molecule has 1 aliphatic carbocycles. The van der Waals surface area contributed by atoms with Gasteiger partial charge in [0.25, 0.3) is 5.69 Å².